The first-order chi connectivity index (χ1) is 10.9. The van der Waals surface area contributed by atoms with Crippen LogP contribution in [0.5, 0.6) is 0 Å². The summed E-state index contributed by atoms with van der Waals surface area (Å²) >= 11 is 6.09. The first-order valence-corrected chi connectivity index (χ1v) is 9.52. The van der Waals surface area contributed by atoms with Crippen LogP contribution in [0.4, 0.5) is 0 Å². The number of rotatable bonds is 7. The van der Waals surface area contributed by atoms with E-state index < -0.39 is 0 Å². The lowest BCUT2D eigenvalue weighted by Crippen LogP contribution is -2.30. The highest BCUT2D eigenvalue weighted by molar-refractivity contribution is 6.30. The second-order valence-corrected chi connectivity index (χ2v) is 8.14. The largest absolute Gasteiger partial charge is 0.299 e. The minimum Gasteiger partial charge on any atom is -0.299 e. The zero-order valence-electron chi connectivity index (χ0n) is 15.3. The summed E-state index contributed by atoms with van der Waals surface area (Å²) in [5, 5.41) is 0.824. The predicted octanol–water partition coefficient (Wildman–Crippen LogP) is 6.43. The summed E-state index contributed by atoms with van der Waals surface area (Å²) in [6.07, 6.45) is 6.17. The van der Waals surface area contributed by atoms with E-state index in [1.54, 1.807) is 11.1 Å². The quantitative estimate of drug-likeness (QED) is 0.556. The average molecular weight is 334 g/mol. The monoisotopic (exact) mass is 333 g/mol. The van der Waals surface area contributed by atoms with E-state index in [2.05, 4.69) is 44.7 Å². The van der Waals surface area contributed by atoms with E-state index in [0.29, 0.717) is 5.41 Å². The van der Waals surface area contributed by atoms with Crippen molar-refractivity contribution in [2.45, 2.75) is 59.8 Å². The molecule has 1 nitrogen and oxygen atoms in total. The molecule has 0 N–H and O–H groups in total. The van der Waals surface area contributed by atoms with Gasteiger partial charge in [-0.3, -0.25) is 4.90 Å². The Morgan fingerprint density at radius 1 is 1.04 bits per heavy atom. The molecule has 23 heavy (non-hydrogen) atoms. The van der Waals surface area contributed by atoms with Gasteiger partial charge in [-0.05, 0) is 73.9 Å². The number of allylic oxidation sites excluding steroid dienone is 1. The zero-order valence-corrected chi connectivity index (χ0v) is 16.0. The molecule has 0 aliphatic heterocycles. The molecule has 0 atom stereocenters. The van der Waals surface area contributed by atoms with E-state index in [1.165, 1.54) is 50.8 Å². The third-order valence-corrected chi connectivity index (χ3v) is 5.12. The van der Waals surface area contributed by atoms with Crippen LogP contribution in [-0.4, -0.2) is 24.5 Å². The first-order valence-electron chi connectivity index (χ1n) is 9.14. The second kappa shape index (κ2) is 8.35. The third-order valence-electron chi connectivity index (χ3n) is 4.87. The number of halogens is 1. The molecule has 0 heterocycles. The van der Waals surface area contributed by atoms with Crippen LogP contribution in [0.3, 0.4) is 0 Å². The van der Waals surface area contributed by atoms with Crippen LogP contribution in [0.25, 0.3) is 5.57 Å². The molecule has 0 aromatic heterocycles. The van der Waals surface area contributed by atoms with Gasteiger partial charge in [-0.1, -0.05) is 57.0 Å². The van der Waals surface area contributed by atoms with E-state index in [1.807, 2.05) is 12.1 Å². The highest BCUT2D eigenvalue weighted by Gasteiger charge is 2.28. The Balaban J connectivity index is 2.30. The van der Waals surface area contributed by atoms with Crippen LogP contribution < -0.4 is 0 Å². The lowest BCUT2D eigenvalue weighted by atomic mass is 9.72. The molecule has 2 heteroatoms. The summed E-state index contributed by atoms with van der Waals surface area (Å²) < 4.78 is 0. The van der Waals surface area contributed by atoms with Crippen molar-refractivity contribution in [1.29, 1.82) is 0 Å². The summed E-state index contributed by atoms with van der Waals surface area (Å²) in [4.78, 5) is 2.63. The molecular weight excluding hydrogens is 302 g/mol. The van der Waals surface area contributed by atoms with Crippen molar-refractivity contribution in [3.63, 3.8) is 0 Å². The van der Waals surface area contributed by atoms with Crippen LogP contribution in [0, 0.1) is 5.41 Å². The second-order valence-electron chi connectivity index (χ2n) is 7.71. The fourth-order valence-electron chi connectivity index (χ4n) is 3.64. The zero-order chi connectivity index (χ0) is 16.9. The van der Waals surface area contributed by atoms with Gasteiger partial charge >= 0.3 is 0 Å². The molecule has 0 saturated heterocycles. The molecule has 0 unspecified atom stereocenters. The van der Waals surface area contributed by atoms with Crippen molar-refractivity contribution in [3.8, 4) is 0 Å². The fourth-order valence-corrected chi connectivity index (χ4v) is 3.76. The van der Waals surface area contributed by atoms with Crippen molar-refractivity contribution >= 4 is 17.2 Å². The Morgan fingerprint density at radius 3 is 2.22 bits per heavy atom. The Hall–Kier alpha value is -0.790. The van der Waals surface area contributed by atoms with Gasteiger partial charge in [0, 0.05) is 11.6 Å². The normalized spacial score (nSPS) is 17.8. The molecule has 0 radical (unpaired) electrons. The van der Waals surface area contributed by atoms with Gasteiger partial charge in [-0.2, -0.15) is 0 Å². The highest BCUT2D eigenvalue weighted by atomic mass is 35.5. The van der Waals surface area contributed by atoms with Gasteiger partial charge in [0.15, 0.2) is 0 Å². The van der Waals surface area contributed by atoms with Crippen molar-refractivity contribution < 1.29 is 0 Å². The molecule has 1 aliphatic rings. The Kier molecular flexibility index (Phi) is 6.73. The molecule has 0 bridgehead atoms. The molecule has 0 spiro atoms. The lowest BCUT2D eigenvalue weighted by Gasteiger charge is -2.35. The number of nitrogens with zero attached hydrogens (tertiary/aromatic N) is 1. The fraction of sp³-hybridized carbons (Fsp3) is 0.619. The van der Waals surface area contributed by atoms with Gasteiger partial charge in [0.25, 0.3) is 0 Å². The summed E-state index contributed by atoms with van der Waals surface area (Å²) in [5.74, 6) is 0. The average Bonchev–Trinajstić information content (AvgIpc) is 2.50. The Bertz CT molecular complexity index is 521. The molecule has 1 aromatic carbocycles. The number of hydrogen-bond acceptors (Lipinski definition) is 1. The third kappa shape index (κ3) is 5.36. The maximum Gasteiger partial charge on any atom is 0.0406 e. The van der Waals surface area contributed by atoms with Crippen molar-refractivity contribution in [2.75, 3.05) is 19.6 Å². The van der Waals surface area contributed by atoms with Crippen molar-refractivity contribution in [3.05, 3.63) is 40.4 Å². The smallest absolute Gasteiger partial charge is 0.0406 e. The molecule has 0 fully saturated rings. The van der Waals surface area contributed by atoms with Crippen molar-refractivity contribution in [1.82, 2.24) is 4.90 Å². The number of benzene rings is 1. The van der Waals surface area contributed by atoms with Gasteiger partial charge in [0.05, 0.1) is 0 Å². The van der Waals surface area contributed by atoms with E-state index in [-0.39, 0.29) is 0 Å². The minimum atomic E-state index is 0.402. The summed E-state index contributed by atoms with van der Waals surface area (Å²) in [6, 6.07) is 8.45. The maximum atomic E-state index is 6.09. The maximum absolute atomic E-state index is 6.09. The highest BCUT2D eigenvalue weighted by Crippen LogP contribution is 2.43. The molecule has 0 amide bonds. The molecular formula is C21H32ClN. The summed E-state index contributed by atoms with van der Waals surface area (Å²) in [6.45, 7) is 12.9. The summed E-state index contributed by atoms with van der Waals surface area (Å²) in [5.41, 5.74) is 4.98. The predicted molar refractivity (Wildman–Crippen MR) is 103 cm³/mol. The lowest BCUT2D eigenvalue weighted by molar-refractivity contribution is 0.278. The molecule has 1 aliphatic carbocycles. The molecule has 128 valence electrons. The number of hydrogen-bond donors (Lipinski definition) is 0. The Labute approximate surface area is 147 Å². The van der Waals surface area contributed by atoms with Crippen LogP contribution in [0.15, 0.2) is 29.8 Å². The van der Waals surface area contributed by atoms with Gasteiger partial charge < -0.3 is 0 Å². The first kappa shape index (κ1) is 18.5. The topological polar surface area (TPSA) is 3.24 Å². The van der Waals surface area contributed by atoms with Crippen LogP contribution >= 0.6 is 11.6 Å². The van der Waals surface area contributed by atoms with Gasteiger partial charge in [0.2, 0.25) is 0 Å². The van der Waals surface area contributed by atoms with Gasteiger partial charge in [-0.15, -0.1) is 0 Å². The van der Waals surface area contributed by atoms with Gasteiger partial charge in [-0.25, -0.2) is 0 Å². The van der Waals surface area contributed by atoms with Crippen LogP contribution in [0.1, 0.15) is 65.4 Å². The summed E-state index contributed by atoms with van der Waals surface area (Å²) in [7, 11) is 0. The van der Waals surface area contributed by atoms with Crippen molar-refractivity contribution in [2.24, 2.45) is 5.41 Å². The van der Waals surface area contributed by atoms with E-state index >= 15 is 0 Å². The SMILES string of the molecule is CCCN(CCC)CC1=C(c2ccc(Cl)cc2)CC(C)(C)CC1. The molecule has 0 saturated carbocycles. The Morgan fingerprint density at radius 2 is 1.65 bits per heavy atom. The van der Waals surface area contributed by atoms with Gasteiger partial charge in [0.1, 0.15) is 0 Å². The van der Waals surface area contributed by atoms with E-state index in [4.69, 9.17) is 11.6 Å². The molecule has 1 aromatic rings. The standard InChI is InChI=1S/C21H32ClN/c1-5-13-23(14-6-2)16-18-11-12-21(3,4)15-20(18)17-7-9-19(22)10-8-17/h7-10H,5-6,11-16H2,1-4H3. The van der Waals surface area contributed by atoms with E-state index in [9.17, 15) is 0 Å². The minimum absolute atomic E-state index is 0.402. The van der Waals surface area contributed by atoms with E-state index in [0.717, 1.165) is 11.6 Å². The van der Waals surface area contributed by atoms with Crippen LogP contribution in [-0.2, 0) is 0 Å². The van der Waals surface area contributed by atoms with Crippen LogP contribution in [0.2, 0.25) is 5.02 Å². The molecule has 2 rings (SSSR count).